The van der Waals surface area contributed by atoms with Crippen LogP contribution in [0.25, 0.3) is 22.3 Å². The molecule has 0 fully saturated rings. The average Bonchev–Trinajstić information content (AvgIpc) is 2.77. The van der Waals surface area contributed by atoms with Crippen molar-refractivity contribution in [2.24, 2.45) is 0 Å². The minimum atomic E-state index is -0.450. The van der Waals surface area contributed by atoms with Crippen molar-refractivity contribution in [1.82, 2.24) is 0 Å². The zero-order chi connectivity index (χ0) is 23.4. The van der Waals surface area contributed by atoms with E-state index in [9.17, 15) is 19.5 Å². The number of hydrogen-bond acceptors (Lipinski definition) is 6. The van der Waals surface area contributed by atoms with E-state index in [4.69, 9.17) is 9.15 Å². The molecule has 0 spiro atoms. The van der Waals surface area contributed by atoms with E-state index in [-0.39, 0.29) is 35.0 Å². The van der Waals surface area contributed by atoms with Crippen molar-refractivity contribution in [3.8, 4) is 22.8 Å². The standard InChI is InChI=1S/C25H20N2O6/c1-15(28)26-17-8-5-9-18(10-17)27-24(31)14-32-19-11-20(29)25-21(30)13-22(33-23(25)12-19)16-6-3-2-4-7-16/h2-13,29H,14H2,1H3,(H,26,28)(H,27,31). The Morgan fingerprint density at radius 1 is 0.939 bits per heavy atom. The Hall–Kier alpha value is -4.59. The largest absolute Gasteiger partial charge is 0.507 e. The fourth-order valence-electron chi connectivity index (χ4n) is 3.30. The molecule has 8 heteroatoms. The highest BCUT2D eigenvalue weighted by Gasteiger charge is 2.14. The number of benzene rings is 3. The van der Waals surface area contributed by atoms with Gasteiger partial charge in [-0.15, -0.1) is 0 Å². The maximum atomic E-state index is 12.5. The van der Waals surface area contributed by atoms with Gasteiger partial charge in [0.05, 0.1) is 0 Å². The molecule has 3 aromatic carbocycles. The highest BCUT2D eigenvalue weighted by atomic mass is 16.5. The molecule has 3 N–H and O–H groups in total. The third-order valence-corrected chi connectivity index (χ3v) is 4.68. The first-order chi connectivity index (χ1) is 15.9. The van der Waals surface area contributed by atoms with Crippen LogP contribution in [0.2, 0.25) is 0 Å². The van der Waals surface area contributed by atoms with E-state index in [2.05, 4.69) is 10.6 Å². The monoisotopic (exact) mass is 444 g/mol. The zero-order valence-corrected chi connectivity index (χ0v) is 17.6. The molecule has 33 heavy (non-hydrogen) atoms. The van der Waals surface area contributed by atoms with Crippen LogP contribution in [0.4, 0.5) is 11.4 Å². The molecule has 0 radical (unpaired) electrons. The van der Waals surface area contributed by atoms with Crippen LogP contribution in [0.3, 0.4) is 0 Å². The van der Waals surface area contributed by atoms with Gasteiger partial charge in [-0.25, -0.2) is 0 Å². The number of amides is 2. The van der Waals surface area contributed by atoms with E-state index in [0.29, 0.717) is 22.7 Å². The van der Waals surface area contributed by atoms with Crippen molar-refractivity contribution in [3.05, 3.63) is 83.0 Å². The minimum Gasteiger partial charge on any atom is -0.507 e. The Balaban J connectivity index is 1.51. The predicted molar refractivity (Wildman–Crippen MR) is 124 cm³/mol. The minimum absolute atomic E-state index is 0.0290. The molecular formula is C25H20N2O6. The van der Waals surface area contributed by atoms with Gasteiger partial charge in [0.25, 0.3) is 5.91 Å². The summed E-state index contributed by atoms with van der Waals surface area (Å²) in [7, 11) is 0. The lowest BCUT2D eigenvalue weighted by atomic mass is 10.1. The highest BCUT2D eigenvalue weighted by molar-refractivity contribution is 5.94. The predicted octanol–water partition coefficient (Wildman–Crippen LogP) is 4.14. The summed E-state index contributed by atoms with van der Waals surface area (Å²) in [5.41, 5.74) is 1.48. The van der Waals surface area contributed by atoms with Crippen molar-refractivity contribution in [2.45, 2.75) is 6.92 Å². The SMILES string of the molecule is CC(=O)Nc1cccc(NC(=O)COc2cc(O)c3c(=O)cc(-c4ccccc4)oc3c2)c1. The first-order valence-electron chi connectivity index (χ1n) is 10.1. The summed E-state index contributed by atoms with van der Waals surface area (Å²) in [4.78, 5) is 36.0. The first kappa shape index (κ1) is 21.6. The number of aromatic hydroxyl groups is 1. The molecule has 0 unspecified atom stereocenters. The van der Waals surface area contributed by atoms with Gasteiger partial charge in [-0.2, -0.15) is 0 Å². The number of anilines is 2. The molecule has 4 aromatic rings. The fourth-order valence-corrected chi connectivity index (χ4v) is 3.30. The van der Waals surface area contributed by atoms with Crippen molar-refractivity contribution < 1.29 is 23.8 Å². The summed E-state index contributed by atoms with van der Waals surface area (Å²) in [5, 5.41) is 15.7. The summed E-state index contributed by atoms with van der Waals surface area (Å²) in [6.45, 7) is 1.04. The van der Waals surface area contributed by atoms with Gasteiger partial charge in [-0.05, 0) is 18.2 Å². The molecule has 1 heterocycles. The molecule has 0 aliphatic carbocycles. The average molecular weight is 444 g/mol. The Bertz CT molecular complexity index is 1400. The quantitative estimate of drug-likeness (QED) is 0.411. The van der Waals surface area contributed by atoms with Crippen LogP contribution in [0.1, 0.15) is 6.92 Å². The van der Waals surface area contributed by atoms with Crippen LogP contribution in [0, 0.1) is 0 Å². The maximum absolute atomic E-state index is 12.5. The van der Waals surface area contributed by atoms with Crippen LogP contribution in [0.5, 0.6) is 11.5 Å². The zero-order valence-electron chi connectivity index (χ0n) is 17.6. The number of phenols is 1. The fraction of sp³-hybridized carbons (Fsp3) is 0.0800. The molecule has 8 nitrogen and oxygen atoms in total. The van der Waals surface area contributed by atoms with E-state index in [1.807, 2.05) is 18.2 Å². The van der Waals surface area contributed by atoms with E-state index in [0.717, 1.165) is 0 Å². The topological polar surface area (TPSA) is 118 Å². The van der Waals surface area contributed by atoms with Gasteiger partial charge in [0, 0.05) is 42.1 Å². The maximum Gasteiger partial charge on any atom is 0.262 e. The molecule has 1 aromatic heterocycles. The molecule has 0 saturated carbocycles. The van der Waals surface area contributed by atoms with Crippen LogP contribution in [-0.2, 0) is 9.59 Å². The third-order valence-electron chi connectivity index (χ3n) is 4.68. The van der Waals surface area contributed by atoms with Gasteiger partial charge >= 0.3 is 0 Å². The van der Waals surface area contributed by atoms with E-state index >= 15 is 0 Å². The second-order valence-electron chi connectivity index (χ2n) is 7.26. The van der Waals surface area contributed by atoms with Crippen molar-refractivity contribution in [2.75, 3.05) is 17.2 Å². The molecule has 0 aliphatic rings. The molecule has 166 valence electrons. The lowest BCUT2D eigenvalue weighted by molar-refractivity contribution is -0.118. The van der Waals surface area contributed by atoms with Gasteiger partial charge in [-0.3, -0.25) is 14.4 Å². The number of nitrogens with one attached hydrogen (secondary N) is 2. The number of carbonyl (C=O) groups excluding carboxylic acids is 2. The van der Waals surface area contributed by atoms with Gasteiger partial charge in [-0.1, -0.05) is 36.4 Å². The van der Waals surface area contributed by atoms with Crippen LogP contribution < -0.4 is 20.8 Å². The number of ether oxygens (including phenoxy) is 1. The normalized spacial score (nSPS) is 10.6. The molecule has 0 bridgehead atoms. The highest BCUT2D eigenvalue weighted by Crippen LogP contribution is 2.31. The van der Waals surface area contributed by atoms with Crippen LogP contribution in [0.15, 0.2) is 82.0 Å². The van der Waals surface area contributed by atoms with Crippen molar-refractivity contribution >= 4 is 34.2 Å². The number of phenolic OH excluding ortho intramolecular Hbond substituents is 1. The van der Waals surface area contributed by atoms with E-state index in [1.54, 1.807) is 36.4 Å². The Labute approximate surface area is 188 Å². The number of hydrogen-bond donors (Lipinski definition) is 3. The van der Waals surface area contributed by atoms with Crippen LogP contribution in [-0.4, -0.2) is 23.5 Å². The van der Waals surface area contributed by atoms with Crippen molar-refractivity contribution in [3.63, 3.8) is 0 Å². The summed E-state index contributed by atoms with van der Waals surface area (Å²) in [6.07, 6.45) is 0. The Kier molecular flexibility index (Phi) is 6.08. The van der Waals surface area contributed by atoms with E-state index in [1.165, 1.54) is 25.1 Å². The van der Waals surface area contributed by atoms with Gasteiger partial charge in [0.2, 0.25) is 5.91 Å². The summed E-state index contributed by atoms with van der Waals surface area (Å²) >= 11 is 0. The summed E-state index contributed by atoms with van der Waals surface area (Å²) < 4.78 is 11.3. The first-order valence-corrected chi connectivity index (χ1v) is 10.1. The second-order valence-corrected chi connectivity index (χ2v) is 7.26. The molecule has 0 atom stereocenters. The smallest absolute Gasteiger partial charge is 0.262 e. The van der Waals surface area contributed by atoms with Gasteiger partial charge < -0.3 is 24.9 Å². The van der Waals surface area contributed by atoms with Gasteiger partial charge in [0.15, 0.2) is 12.0 Å². The third kappa shape index (κ3) is 5.19. The van der Waals surface area contributed by atoms with Crippen molar-refractivity contribution in [1.29, 1.82) is 0 Å². The number of fused-ring (bicyclic) bond motifs is 1. The summed E-state index contributed by atoms with van der Waals surface area (Å²) in [5.74, 6) is -0.467. The van der Waals surface area contributed by atoms with E-state index < -0.39 is 11.3 Å². The molecule has 2 amide bonds. The lowest BCUT2D eigenvalue weighted by Crippen LogP contribution is -2.20. The molecule has 0 saturated heterocycles. The lowest BCUT2D eigenvalue weighted by Gasteiger charge is -2.10. The Morgan fingerprint density at radius 3 is 2.39 bits per heavy atom. The number of rotatable bonds is 6. The second kappa shape index (κ2) is 9.27. The molecule has 0 aliphatic heterocycles. The van der Waals surface area contributed by atoms with Crippen LogP contribution >= 0.6 is 0 Å². The molecule has 4 rings (SSSR count). The molecular weight excluding hydrogens is 424 g/mol. The Morgan fingerprint density at radius 2 is 1.67 bits per heavy atom. The number of carbonyl (C=O) groups is 2. The van der Waals surface area contributed by atoms with Gasteiger partial charge in [0.1, 0.15) is 28.2 Å². The summed E-state index contributed by atoms with van der Waals surface area (Å²) in [6, 6.07) is 19.8.